The number of carbonyl (C=O) groups is 2. The topological polar surface area (TPSA) is 99.0 Å². The first-order valence-corrected chi connectivity index (χ1v) is 11.3. The summed E-state index contributed by atoms with van der Waals surface area (Å²) in [4.78, 5) is 38.7. The molecule has 1 aliphatic heterocycles. The van der Waals surface area contributed by atoms with E-state index in [-0.39, 0.29) is 23.7 Å². The number of carbonyl (C=O) groups excluding carboxylic acids is 2. The fraction of sp³-hybridized carbons (Fsp3) is 0.240. The monoisotopic (exact) mass is 475 g/mol. The van der Waals surface area contributed by atoms with Crippen LogP contribution in [0, 0.1) is 0 Å². The number of halogens is 1. The molecule has 0 bridgehead atoms. The minimum absolute atomic E-state index is 0.182. The average molecular weight is 476 g/mol. The molecule has 8 nitrogen and oxygen atoms in total. The molecule has 9 heteroatoms. The molecular formula is C25H22ClN5O3. The first-order chi connectivity index (χ1) is 16.5. The fourth-order valence-corrected chi connectivity index (χ4v) is 4.27. The van der Waals surface area contributed by atoms with Gasteiger partial charge in [-0.15, -0.1) is 0 Å². The highest BCUT2D eigenvalue weighted by Crippen LogP contribution is 2.35. The number of anilines is 1. The van der Waals surface area contributed by atoms with E-state index in [9.17, 15) is 9.59 Å². The first-order valence-electron chi connectivity index (χ1n) is 10.9. The van der Waals surface area contributed by atoms with Gasteiger partial charge in [0.2, 0.25) is 5.91 Å². The molecule has 1 fully saturated rings. The van der Waals surface area contributed by atoms with Gasteiger partial charge in [-0.3, -0.25) is 14.6 Å². The third kappa shape index (κ3) is 4.06. The van der Waals surface area contributed by atoms with Crippen molar-refractivity contribution in [1.29, 1.82) is 0 Å². The van der Waals surface area contributed by atoms with Gasteiger partial charge in [-0.05, 0) is 30.2 Å². The molecule has 1 amide bonds. The largest absolute Gasteiger partial charge is 0.376 e. The number of ether oxygens (including phenoxy) is 1. The molecule has 34 heavy (non-hydrogen) atoms. The summed E-state index contributed by atoms with van der Waals surface area (Å²) >= 11 is 5.90. The Kier molecular flexibility index (Phi) is 5.85. The standard InChI is InChI=1S/C25H22ClN5O3/c1-2-25(13-34-14-25)31-12-21(20-11-28-15-29-24(20)31)23(33)17-8-19(10-27-9-17)30-22(32)7-16-3-5-18(26)6-4-16/h3-6,8-12,15H,2,7,13-14H2,1H3,(H,30,32). The minimum Gasteiger partial charge on any atom is -0.376 e. The molecule has 1 aromatic carbocycles. The normalized spacial score (nSPS) is 14.5. The molecule has 3 aromatic heterocycles. The second-order valence-electron chi connectivity index (χ2n) is 8.39. The second-order valence-corrected chi connectivity index (χ2v) is 8.82. The van der Waals surface area contributed by atoms with Crippen molar-refractivity contribution in [2.24, 2.45) is 0 Å². The Balaban J connectivity index is 1.41. The lowest BCUT2D eigenvalue weighted by atomic mass is 9.94. The summed E-state index contributed by atoms with van der Waals surface area (Å²) in [5, 5.41) is 4.10. The maximum Gasteiger partial charge on any atom is 0.228 e. The number of nitrogens with one attached hydrogen (secondary N) is 1. The van der Waals surface area contributed by atoms with Crippen molar-refractivity contribution >= 4 is 40.0 Å². The van der Waals surface area contributed by atoms with E-state index in [4.69, 9.17) is 16.3 Å². The van der Waals surface area contributed by atoms with Gasteiger partial charge < -0.3 is 14.6 Å². The zero-order valence-electron chi connectivity index (χ0n) is 18.5. The molecule has 0 aliphatic carbocycles. The zero-order valence-corrected chi connectivity index (χ0v) is 19.2. The van der Waals surface area contributed by atoms with E-state index < -0.39 is 0 Å². The van der Waals surface area contributed by atoms with Crippen LogP contribution < -0.4 is 5.32 Å². The van der Waals surface area contributed by atoms with Crippen LogP contribution >= 0.6 is 11.6 Å². The van der Waals surface area contributed by atoms with E-state index in [0.717, 1.165) is 12.0 Å². The molecule has 0 spiro atoms. The molecule has 1 saturated heterocycles. The number of amides is 1. The molecule has 0 atom stereocenters. The Hall–Kier alpha value is -3.62. The van der Waals surface area contributed by atoms with Crippen LogP contribution in [0.5, 0.6) is 0 Å². The molecule has 0 saturated carbocycles. The van der Waals surface area contributed by atoms with E-state index in [1.165, 1.54) is 18.7 Å². The Morgan fingerprint density at radius 2 is 1.94 bits per heavy atom. The first kappa shape index (κ1) is 22.2. The van der Waals surface area contributed by atoms with Crippen molar-refractivity contribution in [2.75, 3.05) is 18.5 Å². The molecule has 0 radical (unpaired) electrons. The summed E-state index contributed by atoms with van der Waals surface area (Å²) in [5.74, 6) is -0.431. The summed E-state index contributed by atoms with van der Waals surface area (Å²) in [6, 6.07) is 8.71. The Morgan fingerprint density at radius 1 is 1.15 bits per heavy atom. The van der Waals surface area contributed by atoms with Crippen LogP contribution in [-0.2, 0) is 21.5 Å². The van der Waals surface area contributed by atoms with Crippen LogP contribution in [0.4, 0.5) is 5.69 Å². The highest BCUT2D eigenvalue weighted by atomic mass is 35.5. The molecule has 0 unspecified atom stereocenters. The second kappa shape index (κ2) is 8.96. The lowest BCUT2D eigenvalue weighted by molar-refractivity contribution is -0.115. The van der Waals surface area contributed by atoms with Crippen LogP contribution in [0.3, 0.4) is 0 Å². The van der Waals surface area contributed by atoms with Crippen molar-refractivity contribution in [3.8, 4) is 0 Å². The number of fused-ring (bicyclic) bond motifs is 1. The van der Waals surface area contributed by atoms with Gasteiger partial charge in [0.15, 0.2) is 5.78 Å². The van der Waals surface area contributed by atoms with Gasteiger partial charge >= 0.3 is 0 Å². The number of hydrogen-bond donors (Lipinski definition) is 1. The van der Waals surface area contributed by atoms with E-state index in [1.807, 2.05) is 10.8 Å². The molecule has 172 valence electrons. The van der Waals surface area contributed by atoms with Crippen molar-refractivity contribution in [2.45, 2.75) is 25.3 Å². The van der Waals surface area contributed by atoms with E-state index in [1.54, 1.807) is 36.5 Å². The summed E-state index contributed by atoms with van der Waals surface area (Å²) in [7, 11) is 0. The van der Waals surface area contributed by atoms with Crippen LogP contribution in [0.2, 0.25) is 5.02 Å². The maximum absolute atomic E-state index is 13.5. The van der Waals surface area contributed by atoms with Crippen molar-refractivity contribution in [3.63, 3.8) is 0 Å². The van der Waals surface area contributed by atoms with Crippen molar-refractivity contribution in [3.05, 3.63) is 83.2 Å². The van der Waals surface area contributed by atoms with Gasteiger partial charge in [-0.25, -0.2) is 9.97 Å². The number of ketones is 1. The molecule has 4 heterocycles. The van der Waals surface area contributed by atoms with Crippen LogP contribution in [0.15, 0.2) is 61.4 Å². The van der Waals surface area contributed by atoms with Crippen molar-refractivity contribution in [1.82, 2.24) is 19.5 Å². The van der Waals surface area contributed by atoms with Gasteiger partial charge in [0, 0.05) is 34.6 Å². The number of pyridine rings is 1. The highest BCUT2D eigenvalue weighted by Gasteiger charge is 2.40. The lowest BCUT2D eigenvalue weighted by Crippen LogP contribution is -2.50. The minimum atomic E-state index is -0.221. The quantitative estimate of drug-likeness (QED) is 0.405. The van der Waals surface area contributed by atoms with Crippen molar-refractivity contribution < 1.29 is 14.3 Å². The third-order valence-electron chi connectivity index (χ3n) is 6.19. The van der Waals surface area contributed by atoms with Crippen LogP contribution in [0.25, 0.3) is 11.0 Å². The SMILES string of the molecule is CCC1(n2cc(C(=O)c3cncc(NC(=O)Cc4ccc(Cl)cc4)c3)c3cncnc32)COC1. The summed E-state index contributed by atoms with van der Waals surface area (Å²) < 4.78 is 7.52. The third-order valence-corrected chi connectivity index (χ3v) is 6.44. The molecule has 5 rings (SSSR count). The summed E-state index contributed by atoms with van der Waals surface area (Å²) in [5.41, 5.74) is 2.61. The molecule has 4 aromatic rings. The predicted molar refractivity (Wildman–Crippen MR) is 128 cm³/mol. The zero-order chi connectivity index (χ0) is 23.7. The average Bonchev–Trinajstić information content (AvgIpc) is 3.20. The lowest BCUT2D eigenvalue weighted by Gasteiger charge is -2.42. The number of hydrogen-bond acceptors (Lipinski definition) is 6. The van der Waals surface area contributed by atoms with E-state index >= 15 is 0 Å². The van der Waals surface area contributed by atoms with Crippen LogP contribution in [-0.4, -0.2) is 44.4 Å². The number of nitrogens with zero attached hydrogens (tertiary/aromatic N) is 4. The summed E-state index contributed by atoms with van der Waals surface area (Å²) in [6.45, 7) is 3.24. The predicted octanol–water partition coefficient (Wildman–Crippen LogP) is 4.03. The van der Waals surface area contributed by atoms with Crippen LogP contribution in [0.1, 0.15) is 34.8 Å². The maximum atomic E-state index is 13.5. The molecule has 1 N–H and O–H groups in total. The van der Waals surface area contributed by atoms with Gasteiger partial charge in [0.25, 0.3) is 0 Å². The fourth-order valence-electron chi connectivity index (χ4n) is 4.14. The Morgan fingerprint density at radius 3 is 2.65 bits per heavy atom. The number of benzene rings is 1. The number of aromatic nitrogens is 4. The Bertz CT molecular complexity index is 1370. The number of rotatable bonds is 7. The van der Waals surface area contributed by atoms with E-state index in [0.29, 0.717) is 46.1 Å². The van der Waals surface area contributed by atoms with Gasteiger partial charge in [0.05, 0.1) is 42.6 Å². The van der Waals surface area contributed by atoms with Gasteiger partial charge in [-0.1, -0.05) is 30.7 Å². The van der Waals surface area contributed by atoms with E-state index in [2.05, 4.69) is 27.2 Å². The van der Waals surface area contributed by atoms with Gasteiger partial charge in [-0.2, -0.15) is 0 Å². The highest BCUT2D eigenvalue weighted by molar-refractivity contribution is 6.30. The smallest absolute Gasteiger partial charge is 0.228 e. The van der Waals surface area contributed by atoms with Gasteiger partial charge in [0.1, 0.15) is 12.0 Å². The Labute approximate surface area is 201 Å². The molecular weight excluding hydrogens is 454 g/mol. The molecule has 1 aliphatic rings. The summed E-state index contributed by atoms with van der Waals surface area (Å²) in [6.07, 6.45) is 9.01.